The van der Waals surface area contributed by atoms with Gasteiger partial charge in [-0.3, -0.25) is 9.69 Å². The summed E-state index contributed by atoms with van der Waals surface area (Å²) in [6.45, 7) is 6.65. The molecule has 1 saturated carbocycles. The number of rotatable bonds is 5. The molecule has 0 aromatic heterocycles. The summed E-state index contributed by atoms with van der Waals surface area (Å²) in [5.41, 5.74) is 2.00. The van der Waals surface area contributed by atoms with Crippen LogP contribution in [0.25, 0.3) is 0 Å². The van der Waals surface area contributed by atoms with Gasteiger partial charge in [-0.1, -0.05) is 0 Å². The molecule has 0 radical (unpaired) electrons. The normalized spacial score (nSPS) is 21.3. The summed E-state index contributed by atoms with van der Waals surface area (Å²) < 4.78 is 10.6. The maximum Gasteiger partial charge on any atom is 0.414 e. The first-order valence-corrected chi connectivity index (χ1v) is 10.1. The van der Waals surface area contributed by atoms with Crippen molar-refractivity contribution in [3.63, 3.8) is 0 Å². The Balaban J connectivity index is 1.38. The van der Waals surface area contributed by atoms with Gasteiger partial charge in [0.2, 0.25) is 5.91 Å². The van der Waals surface area contributed by atoms with Crippen LogP contribution in [-0.2, 0) is 20.7 Å². The first kappa shape index (κ1) is 19.5. The number of amides is 3. The molecule has 0 bridgehead atoms. The second-order valence-corrected chi connectivity index (χ2v) is 8.94. The third-order valence-corrected chi connectivity index (χ3v) is 5.19. The van der Waals surface area contributed by atoms with Gasteiger partial charge in [-0.25, -0.2) is 9.59 Å². The molecular weight excluding hydrogens is 374 g/mol. The van der Waals surface area contributed by atoms with Crippen LogP contribution in [0.5, 0.6) is 0 Å². The molecule has 1 N–H and O–H groups in total. The number of benzene rings is 1. The standard InChI is InChI=1S/C21H27N3O5/c1-21(2,3)29-19(26)22-10-16-12-23(20(27)28-16)15-6-7-17-14(8-15)9-18(25)24(17)11-13-4-5-13/h6-8,13,16H,4-5,9-12H2,1-3H3,(H,22,26). The van der Waals surface area contributed by atoms with Crippen LogP contribution < -0.4 is 15.1 Å². The molecule has 1 aromatic carbocycles. The third-order valence-electron chi connectivity index (χ3n) is 5.19. The molecular formula is C21H27N3O5. The molecule has 1 aliphatic carbocycles. The number of nitrogens with zero attached hydrogens (tertiary/aromatic N) is 2. The van der Waals surface area contributed by atoms with Crippen LogP contribution in [0.4, 0.5) is 21.0 Å². The lowest BCUT2D eigenvalue weighted by molar-refractivity contribution is -0.117. The lowest BCUT2D eigenvalue weighted by Gasteiger charge is -2.20. The topological polar surface area (TPSA) is 88.2 Å². The predicted octanol–water partition coefficient (Wildman–Crippen LogP) is 2.84. The van der Waals surface area contributed by atoms with Gasteiger partial charge in [-0.05, 0) is 63.3 Å². The molecule has 8 heteroatoms. The average molecular weight is 401 g/mol. The van der Waals surface area contributed by atoms with Gasteiger partial charge in [0.1, 0.15) is 11.7 Å². The quantitative estimate of drug-likeness (QED) is 0.820. The summed E-state index contributed by atoms with van der Waals surface area (Å²) in [5.74, 6) is 0.740. The summed E-state index contributed by atoms with van der Waals surface area (Å²) in [6.07, 6.45) is 1.28. The fraction of sp³-hybridized carbons (Fsp3) is 0.571. The number of hydrogen-bond donors (Lipinski definition) is 1. The van der Waals surface area contributed by atoms with E-state index >= 15 is 0 Å². The first-order valence-electron chi connectivity index (χ1n) is 10.1. The van der Waals surface area contributed by atoms with Gasteiger partial charge in [0.05, 0.1) is 19.5 Å². The zero-order chi connectivity index (χ0) is 20.8. The minimum absolute atomic E-state index is 0.118. The molecule has 156 valence electrons. The van der Waals surface area contributed by atoms with E-state index in [0.29, 0.717) is 24.6 Å². The van der Waals surface area contributed by atoms with Crippen LogP contribution in [0.2, 0.25) is 0 Å². The summed E-state index contributed by atoms with van der Waals surface area (Å²) in [5, 5.41) is 2.63. The van der Waals surface area contributed by atoms with Crippen molar-refractivity contribution in [3.05, 3.63) is 23.8 Å². The van der Waals surface area contributed by atoms with E-state index < -0.39 is 23.9 Å². The van der Waals surface area contributed by atoms with E-state index in [1.807, 2.05) is 23.1 Å². The van der Waals surface area contributed by atoms with E-state index in [0.717, 1.165) is 17.8 Å². The highest BCUT2D eigenvalue weighted by molar-refractivity contribution is 6.02. The zero-order valence-electron chi connectivity index (χ0n) is 17.1. The summed E-state index contributed by atoms with van der Waals surface area (Å²) in [6, 6.07) is 5.66. The number of carbonyl (C=O) groups excluding carboxylic acids is 3. The maximum absolute atomic E-state index is 12.4. The van der Waals surface area contributed by atoms with Gasteiger partial charge in [0, 0.05) is 17.9 Å². The zero-order valence-corrected chi connectivity index (χ0v) is 17.1. The maximum atomic E-state index is 12.4. The Hall–Kier alpha value is -2.77. The minimum atomic E-state index is -0.586. The van der Waals surface area contributed by atoms with Crippen LogP contribution in [0, 0.1) is 5.92 Å². The third kappa shape index (κ3) is 4.46. The molecule has 2 fully saturated rings. The smallest absolute Gasteiger partial charge is 0.414 e. The average Bonchev–Trinajstić information content (AvgIpc) is 3.29. The number of cyclic esters (lactones) is 1. The van der Waals surface area contributed by atoms with E-state index in [4.69, 9.17) is 9.47 Å². The van der Waals surface area contributed by atoms with Crippen LogP contribution in [0.1, 0.15) is 39.2 Å². The van der Waals surface area contributed by atoms with Crippen molar-refractivity contribution in [3.8, 4) is 0 Å². The van der Waals surface area contributed by atoms with Crippen molar-refractivity contribution in [2.24, 2.45) is 5.92 Å². The van der Waals surface area contributed by atoms with Gasteiger partial charge in [-0.15, -0.1) is 0 Å². The second-order valence-electron chi connectivity index (χ2n) is 8.94. The van der Waals surface area contributed by atoms with Gasteiger partial charge >= 0.3 is 12.2 Å². The number of alkyl carbamates (subject to hydrolysis) is 1. The van der Waals surface area contributed by atoms with Crippen molar-refractivity contribution >= 4 is 29.5 Å². The number of fused-ring (bicyclic) bond motifs is 1. The first-order chi connectivity index (χ1) is 13.7. The number of carbonyl (C=O) groups is 3. The van der Waals surface area contributed by atoms with Crippen LogP contribution in [0.15, 0.2) is 18.2 Å². The Kier molecular flexibility index (Phi) is 4.88. The summed E-state index contributed by atoms with van der Waals surface area (Å²) in [7, 11) is 0. The van der Waals surface area contributed by atoms with E-state index in [-0.39, 0.29) is 12.5 Å². The van der Waals surface area contributed by atoms with Crippen molar-refractivity contribution < 1.29 is 23.9 Å². The number of nitrogens with one attached hydrogen (secondary N) is 1. The molecule has 2 heterocycles. The predicted molar refractivity (Wildman–Crippen MR) is 107 cm³/mol. The Morgan fingerprint density at radius 1 is 1.28 bits per heavy atom. The summed E-state index contributed by atoms with van der Waals surface area (Å²) >= 11 is 0. The highest BCUT2D eigenvalue weighted by atomic mass is 16.6. The Labute approximate surface area is 170 Å². The Morgan fingerprint density at radius 2 is 2.03 bits per heavy atom. The molecule has 3 amide bonds. The van der Waals surface area contributed by atoms with Crippen molar-refractivity contribution in [1.82, 2.24) is 5.32 Å². The fourth-order valence-electron chi connectivity index (χ4n) is 3.65. The summed E-state index contributed by atoms with van der Waals surface area (Å²) in [4.78, 5) is 39.9. The molecule has 2 aliphatic heterocycles. The number of anilines is 2. The Morgan fingerprint density at radius 3 is 2.72 bits per heavy atom. The lowest BCUT2D eigenvalue weighted by atomic mass is 10.1. The van der Waals surface area contributed by atoms with Crippen LogP contribution in [-0.4, -0.2) is 49.4 Å². The molecule has 8 nitrogen and oxygen atoms in total. The van der Waals surface area contributed by atoms with Crippen LogP contribution >= 0.6 is 0 Å². The van der Waals surface area contributed by atoms with Crippen molar-refractivity contribution in [2.45, 2.75) is 51.7 Å². The van der Waals surface area contributed by atoms with Crippen molar-refractivity contribution in [1.29, 1.82) is 0 Å². The molecule has 1 aromatic rings. The molecule has 0 spiro atoms. The fourth-order valence-corrected chi connectivity index (χ4v) is 3.65. The van der Waals surface area contributed by atoms with E-state index in [9.17, 15) is 14.4 Å². The lowest BCUT2D eigenvalue weighted by Crippen LogP contribution is -2.38. The molecule has 4 rings (SSSR count). The molecule has 3 aliphatic rings. The highest BCUT2D eigenvalue weighted by Gasteiger charge is 2.36. The van der Waals surface area contributed by atoms with Gasteiger partial charge in [-0.2, -0.15) is 0 Å². The number of hydrogen-bond acceptors (Lipinski definition) is 5. The highest BCUT2D eigenvalue weighted by Crippen LogP contribution is 2.37. The minimum Gasteiger partial charge on any atom is -0.444 e. The van der Waals surface area contributed by atoms with Crippen LogP contribution in [0.3, 0.4) is 0 Å². The largest absolute Gasteiger partial charge is 0.444 e. The van der Waals surface area contributed by atoms with Gasteiger partial charge in [0.25, 0.3) is 0 Å². The van der Waals surface area contributed by atoms with Gasteiger partial charge in [0.15, 0.2) is 0 Å². The molecule has 1 unspecified atom stereocenters. The SMILES string of the molecule is CC(C)(C)OC(=O)NCC1CN(c2ccc3c(c2)CC(=O)N3CC2CC2)C(=O)O1. The van der Waals surface area contributed by atoms with Crippen molar-refractivity contribution in [2.75, 3.05) is 29.4 Å². The Bertz CT molecular complexity index is 843. The van der Waals surface area contributed by atoms with E-state index in [1.165, 1.54) is 17.7 Å². The monoisotopic (exact) mass is 401 g/mol. The van der Waals surface area contributed by atoms with E-state index in [1.54, 1.807) is 20.8 Å². The van der Waals surface area contributed by atoms with E-state index in [2.05, 4.69) is 5.32 Å². The van der Waals surface area contributed by atoms with Gasteiger partial charge < -0.3 is 19.7 Å². The molecule has 29 heavy (non-hydrogen) atoms. The number of ether oxygens (including phenoxy) is 2. The molecule has 1 atom stereocenters. The molecule has 1 saturated heterocycles. The second kappa shape index (κ2) is 7.24.